The third kappa shape index (κ3) is 2.87. The highest BCUT2D eigenvalue weighted by Crippen LogP contribution is 2.19. The van der Waals surface area contributed by atoms with E-state index in [1.54, 1.807) is 17.9 Å². The van der Waals surface area contributed by atoms with E-state index in [1.807, 2.05) is 13.8 Å². The third-order valence-corrected chi connectivity index (χ3v) is 4.18. The van der Waals surface area contributed by atoms with Gasteiger partial charge in [-0.25, -0.2) is 0 Å². The Labute approximate surface area is 124 Å². The Hall–Kier alpha value is -2.02. The summed E-state index contributed by atoms with van der Waals surface area (Å²) in [6.45, 7) is 8.14. The number of hydrogen-bond acceptors (Lipinski definition) is 5. The fraction of sp³-hybridized carbons (Fsp3) is 0.571. The summed E-state index contributed by atoms with van der Waals surface area (Å²) in [5.74, 6) is 0.801. The van der Waals surface area contributed by atoms with Crippen molar-refractivity contribution in [1.29, 1.82) is 0 Å². The summed E-state index contributed by atoms with van der Waals surface area (Å²) >= 11 is 0. The van der Waals surface area contributed by atoms with Crippen molar-refractivity contribution >= 4 is 11.7 Å². The van der Waals surface area contributed by atoms with E-state index in [-0.39, 0.29) is 11.7 Å². The van der Waals surface area contributed by atoms with Gasteiger partial charge in [-0.05, 0) is 26.8 Å². The second-order valence-corrected chi connectivity index (χ2v) is 5.71. The minimum Gasteiger partial charge on any atom is -0.469 e. The molecule has 0 atom stereocenters. The van der Waals surface area contributed by atoms with Crippen molar-refractivity contribution in [2.24, 2.45) is 10.9 Å². The summed E-state index contributed by atoms with van der Waals surface area (Å²) in [5.41, 5.74) is 5.82. The van der Waals surface area contributed by atoms with Crippen LogP contribution in [0, 0.1) is 6.92 Å². The second kappa shape index (κ2) is 5.77. The number of furan rings is 1. The fourth-order valence-electron chi connectivity index (χ4n) is 2.53. The first kappa shape index (κ1) is 15.4. The van der Waals surface area contributed by atoms with Crippen LogP contribution < -0.4 is 5.73 Å². The lowest BCUT2D eigenvalue weighted by Crippen LogP contribution is -2.60. The summed E-state index contributed by atoms with van der Waals surface area (Å²) in [6, 6.07) is 1.70. The molecule has 2 rings (SSSR count). The monoisotopic (exact) mass is 294 g/mol. The van der Waals surface area contributed by atoms with Crippen LogP contribution in [-0.4, -0.2) is 58.5 Å². The van der Waals surface area contributed by atoms with Crippen molar-refractivity contribution in [3.05, 3.63) is 23.7 Å². The van der Waals surface area contributed by atoms with E-state index in [1.165, 1.54) is 6.26 Å². The average molecular weight is 294 g/mol. The summed E-state index contributed by atoms with van der Waals surface area (Å²) in [6.07, 6.45) is 1.53. The molecule has 1 saturated heterocycles. The third-order valence-electron chi connectivity index (χ3n) is 4.18. The normalized spacial score (nSPS) is 18.0. The van der Waals surface area contributed by atoms with E-state index in [0.717, 1.165) is 0 Å². The molecule has 1 aliphatic heterocycles. The maximum absolute atomic E-state index is 12.4. The predicted molar refractivity (Wildman–Crippen MR) is 78.4 cm³/mol. The van der Waals surface area contributed by atoms with Crippen LogP contribution >= 0.6 is 0 Å². The molecule has 0 saturated carbocycles. The smallest absolute Gasteiger partial charge is 0.257 e. The molecule has 0 spiro atoms. The first-order valence-corrected chi connectivity index (χ1v) is 6.94. The zero-order chi connectivity index (χ0) is 15.6. The van der Waals surface area contributed by atoms with Gasteiger partial charge in [0.2, 0.25) is 0 Å². The van der Waals surface area contributed by atoms with Gasteiger partial charge in [-0.15, -0.1) is 0 Å². The van der Waals surface area contributed by atoms with Crippen LogP contribution in [0.3, 0.4) is 0 Å². The summed E-state index contributed by atoms with van der Waals surface area (Å²) < 4.78 is 5.18. The van der Waals surface area contributed by atoms with E-state index >= 15 is 0 Å². The zero-order valence-corrected chi connectivity index (χ0v) is 12.7. The standard InChI is InChI=1S/C14H22N4O3/c1-10-11(4-9-21-10)12(19)17-5-7-18(8-6-17)14(2,3)13(15)16-20/h4,9,20H,5-8H2,1-3H3,(H2,15,16). The SMILES string of the molecule is Cc1occc1C(=O)N1CCN(C(C)(C)C(N)=NO)CC1. The van der Waals surface area contributed by atoms with E-state index in [9.17, 15) is 4.79 Å². The summed E-state index contributed by atoms with van der Waals surface area (Å²) in [7, 11) is 0. The molecule has 1 fully saturated rings. The molecule has 0 unspecified atom stereocenters. The fourth-order valence-corrected chi connectivity index (χ4v) is 2.53. The first-order chi connectivity index (χ1) is 9.87. The maximum atomic E-state index is 12.4. The van der Waals surface area contributed by atoms with Gasteiger partial charge in [0.15, 0.2) is 5.84 Å². The van der Waals surface area contributed by atoms with Crippen molar-refractivity contribution in [1.82, 2.24) is 9.80 Å². The largest absolute Gasteiger partial charge is 0.469 e. The summed E-state index contributed by atoms with van der Waals surface area (Å²) in [5, 5.41) is 12.0. The molecule has 1 aliphatic rings. The molecule has 21 heavy (non-hydrogen) atoms. The van der Waals surface area contributed by atoms with Gasteiger partial charge in [-0.2, -0.15) is 0 Å². The lowest BCUT2D eigenvalue weighted by Gasteiger charge is -2.43. The topological polar surface area (TPSA) is 95.3 Å². The number of carbonyl (C=O) groups is 1. The van der Waals surface area contributed by atoms with Gasteiger partial charge in [-0.3, -0.25) is 9.69 Å². The number of amides is 1. The molecule has 7 nitrogen and oxygen atoms in total. The average Bonchev–Trinajstić information content (AvgIpc) is 2.91. The molecule has 1 amide bonds. The van der Waals surface area contributed by atoms with Crippen LogP contribution in [0.4, 0.5) is 0 Å². The Morgan fingerprint density at radius 3 is 2.48 bits per heavy atom. The molecule has 7 heteroatoms. The van der Waals surface area contributed by atoms with Crippen molar-refractivity contribution < 1.29 is 14.4 Å². The number of carbonyl (C=O) groups excluding carboxylic acids is 1. The van der Waals surface area contributed by atoms with E-state index in [4.69, 9.17) is 15.4 Å². The molecule has 0 aromatic carbocycles. The quantitative estimate of drug-likeness (QED) is 0.373. The van der Waals surface area contributed by atoms with Crippen molar-refractivity contribution in [2.45, 2.75) is 26.3 Å². The number of amidine groups is 1. The van der Waals surface area contributed by atoms with Gasteiger partial charge in [0.05, 0.1) is 17.4 Å². The van der Waals surface area contributed by atoms with Gasteiger partial charge < -0.3 is 20.3 Å². The van der Waals surface area contributed by atoms with E-state index in [0.29, 0.717) is 37.5 Å². The van der Waals surface area contributed by atoms with Gasteiger partial charge in [0, 0.05) is 26.2 Å². The van der Waals surface area contributed by atoms with Crippen molar-refractivity contribution in [2.75, 3.05) is 26.2 Å². The predicted octanol–water partition coefficient (Wildman–Crippen LogP) is 0.871. The molecule has 1 aromatic rings. The molecule has 1 aromatic heterocycles. The Morgan fingerprint density at radius 1 is 1.38 bits per heavy atom. The van der Waals surface area contributed by atoms with Crippen LogP contribution in [0.5, 0.6) is 0 Å². The first-order valence-electron chi connectivity index (χ1n) is 6.94. The van der Waals surface area contributed by atoms with Crippen LogP contribution in [0.25, 0.3) is 0 Å². The van der Waals surface area contributed by atoms with Crippen molar-refractivity contribution in [3.8, 4) is 0 Å². The van der Waals surface area contributed by atoms with Crippen LogP contribution in [0.1, 0.15) is 30.0 Å². The molecule has 2 heterocycles. The number of rotatable bonds is 3. The molecule has 0 radical (unpaired) electrons. The Kier molecular flexibility index (Phi) is 4.22. The molecule has 3 N–H and O–H groups in total. The lowest BCUT2D eigenvalue weighted by atomic mass is 10.00. The van der Waals surface area contributed by atoms with Crippen LogP contribution in [-0.2, 0) is 0 Å². The number of aryl methyl sites for hydroxylation is 1. The second-order valence-electron chi connectivity index (χ2n) is 5.71. The van der Waals surface area contributed by atoms with Gasteiger partial charge in [0.25, 0.3) is 5.91 Å². The zero-order valence-electron chi connectivity index (χ0n) is 12.7. The Morgan fingerprint density at radius 2 is 2.00 bits per heavy atom. The molecule has 0 bridgehead atoms. The van der Waals surface area contributed by atoms with Gasteiger partial charge in [0.1, 0.15) is 5.76 Å². The lowest BCUT2D eigenvalue weighted by molar-refractivity contribution is 0.0530. The van der Waals surface area contributed by atoms with Crippen LogP contribution in [0.2, 0.25) is 0 Å². The number of hydrogen-bond donors (Lipinski definition) is 2. The Balaban J connectivity index is 2.01. The van der Waals surface area contributed by atoms with E-state index in [2.05, 4.69) is 10.1 Å². The number of piperazine rings is 1. The summed E-state index contributed by atoms with van der Waals surface area (Å²) in [4.78, 5) is 16.3. The van der Waals surface area contributed by atoms with Gasteiger partial charge >= 0.3 is 0 Å². The number of oxime groups is 1. The molecule has 0 aliphatic carbocycles. The van der Waals surface area contributed by atoms with E-state index < -0.39 is 5.54 Å². The number of nitrogens with two attached hydrogens (primary N) is 1. The van der Waals surface area contributed by atoms with Crippen LogP contribution in [0.15, 0.2) is 21.9 Å². The molecular formula is C14H22N4O3. The highest BCUT2D eigenvalue weighted by atomic mass is 16.4. The number of nitrogens with zero attached hydrogens (tertiary/aromatic N) is 3. The minimum absolute atomic E-state index is 0.0116. The van der Waals surface area contributed by atoms with Crippen molar-refractivity contribution in [3.63, 3.8) is 0 Å². The maximum Gasteiger partial charge on any atom is 0.257 e. The van der Waals surface area contributed by atoms with Gasteiger partial charge in [-0.1, -0.05) is 5.16 Å². The highest BCUT2D eigenvalue weighted by Gasteiger charge is 2.35. The molecule has 116 valence electrons. The Bertz CT molecular complexity index is 542. The molecular weight excluding hydrogens is 272 g/mol. The minimum atomic E-state index is -0.532. The highest BCUT2D eigenvalue weighted by molar-refractivity contribution is 5.95.